The van der Waals surface area contributed by atoms with Gasteiger partial charge in [-0.2, -0.15) is 9.65 Å². The molecule has 0 radical (unpaired) electrons. The second-order valence-corrected chi connectivity index (χ2v) is 4.39. The Balaban J connectivity index is 2.21. The van der Waals surface area contributed by atoms with Crippen molar-refractivity contribution in [2.24, 2.45) is 5.84 Å². The van der Waals surface area contributed by atoms with E-state index in [4.69, 9.17) is 11.1 Å². The maximum absolute atomic E-state index is 12.7. The van der Waals surface area contributed by atoms with Crippen LogP contribution in [-0.2, 0) is 6.42 Å². The molecule has 0 fully saturated rings. The number of amides is 2. The van der Waals surface area contributed by atoms with Crippen molar-refractivity contribution in [3.05, 3.63) is 65.2 Å². The van der Waals surface area contributed by atoms with E-state index in [0.717, 1.165) is 12.3 Å². The first-order valence-corrected chi connectivity index (χ1v) is 6.24. The lowest BCUT2D eigenvalue weighted by atomic mass is 10.1. The van der Waals surface area contributed by atoms with Crippen LogP contribution in [0.5, 0.6) is 0 Å². The standard InChI is InChI=1S/C15H11FN4O2/c16-13-5-4-12(9-19-13)15(22)20(18)14(21)11-3-1-2-10(8-11)6-7-17/h1-5,8-9H,6,18H2. The average molecular weight is 298 g/mol. The lowest BCUT2D eigenvalue weighted by molar-refractivity contribution is 0.0615. The monoisotopic (exact) mass is 298 g/mol. The fraction of sp³-hybridized carbons (Fsp3) is 0.0667. The van der Waals surface area contributed by atoms with Crippen molar-refractivity contribution in [1.82, 2.24) is 9.99 Å². The molecule has 1 heterocycles. The van der Waals surface area contributed by atoms with Crippen LogP contribution in [0.25, 0.3) is 0 Å². The van der Waals surface area contributed by atoms with Gasteiger partial charge in [0.05, 0.1) is 18.1 Å². The molecule has 7 heteroatoms. The van der Waals surface area contributed by atoms with E-state index in [0.29, 0.717) is 10.6 Å². The summed E-state index contributed by atoms with van der Waals surface area (Å²) in [7, 11) is 0. The molecule has 0 saturated carbocycles. The Morgan fingerprint density at radius 3 is 2.59 bits per heavy atom. The lowest BCUT2D eigenvalue weighted by Crippen LogP contribution is -2.42. The number of nitrogens with zero attached hydrogens (tertiary/aromatic N) is 3. The molecule has 2 N–H and O–H groups in total. The average Bonchev–Trinajstić information content (AvgIpc) is 2.54. The Kier molecular flexibility index (Phi) is 4.56. The number of rotatable bonds is 3. The van der Waals surface area contributed by atoms with Crippen LogP contribution in [0.4, 0.5) is 4.39 Å². The molecule has 6 nitrogen and oxygen atoms in total. The molecule has 0 aliphatic heterocycles. The SMILES string of the molecule is N#CCc1cccc(C(=O)N(N)C(=O)c2ccc(F)nc2)c1. The third-order valence-corrected chi connectivity index (χ3v) is 2.87. The van der Waals surface area contributed by atoms with Crippen molar-refractivity contribution in [2.75, 3.05) is 0 Å². The summed E-state index contributed by atoms with van der Waals surface area (Å²) in [5.41, 5.74) is 0.807. The van der Waals surface area contributed by atoms with Crippen molar-refractivity contribution >= 4 is 11.8 Å². The minimum absolute atomic E-state index is 0.00886. The number of imide groups is 1. The fourth-order valence-corrected chi connectivity index (χ4v) is 1.78. The van der Waals surface area contributed by atoms with Crippen LogP contribution in [-0.4, -0.2) is 21.8 Å². The topological polar surface area (TPSA) is 100 Å². The van der Waals surface area contributed by atoms with Crippen molar-refractivity contribution in [3.63, 3.8) is 0 Å². The number of halogens is 1. The third kappa shape index (κ3) is 3.31. The predicted molar refractivity (Wildman–Crippen MR) is 74.6 cm³/mol. The van der Waals surface area contributed by atoms with E-state index in [1.54, 1.807) is 12.1 Å². The molecule has 0 saturated heterocycles. The molecule has 1 aromatic carbocycles. The number of pyridine rings is 1. The molecule has 0 aliphatic carbocycles. The molecule has 2 rings (SSSR count). The highest BCUT2D eigenvalue weighted by Crippen LogP contribution is 2.10. The van der Waals surface area contributed by atoms with Gasteiger partial charge in [-0.15, -0.1) is 0 Å². The van der Waals surface area contributed by atoms with E-state index in [9.17, 15) is 14.0 Å². The lowest BCUT2D eigenvalue weighted by Gasteiger charge is -2.15. The van der Waals surface area contributed by atoms with Crippen molar-refractivity contribution in [2.45, 2.75) is 6.42 Å². The van der Waals surface area contributed by atoms with Gasteiger partial charge in [-0.05, 0) is 29.8 Å². The van der Waals surface area contributed by atoms with Gasteiger partial charge in [0.25, 0.3) is 11.8 Å². The Morgan fingerprint density at radius 2 is 1.95 bits per heavy atom. The molecule has 22 heavy (non-hydrogen) atoms. The molecule has 0 atom stereocenters. The third-order valence-electron chi connectivity index (χ3n) is 2.87. The van der Waals surface area contributed by atoms with Gasteiger partial charge in [-0.3, -0.25) is 9.59 Å². The molecule has 0 bridgehead atoms. The van der Waals surface area contributed by atoms with Gasteiger partial charge >= 0.3 is 0 Å². The second-order valence-electron chi connectivity index (χ2n) is 4.39. The molecule has 2 aromatic rings. The number of carbonyl (C=O) groups excluding carboxylic acids is 2. The summed E-state index contributed by atoms with van der Waals surface area (Å²) >= 11 is 0. The minimum Gasteiger partial charge on any atom is -0.267 e. The van der Waals surface area contributed by atoms with Crippen LogP contribution in [0, 0.1) is 17.3 Å². The molecule has 2 amide bonds. The first-order valence-electron chi connectivity index (χ1n) is 6.24. The molecule has 0 aliphatic rings. The van der Waals surface area contributed by atoms with E-state index in [1.165, 1.54) is 18.2 Å². The summed E-state index contributed by atoms with van der Waals surface area (Å²) in [5.74, 6) is 3.26. The number of hydrogen-bond donors (Lipinski definition) is 1. The largest absolute Gasteiger partial charge is 0.276 e. The van der Waals surface area contributed by atoms with Gasteiger partial charge in [0.2, 0.25) is 5.95 Å². The molecule has 0 unspecified atom stereocenters. The summed E-state index contributed by atoms with van der Waals surface area (Å²) in [6.07, 6.45) is 1.14. The number of aromatic nitrogens is 1. The molecular weight excluding hydrogens is 287 g/mol. The summed E-state index contributed by atoms with van der Waals surface area (Å²) in [5, 5.41) is 9.09. The zero-order valence-corrected chi connectivity index (χ0v) is 11.4. The number of nitriles is 1. The maximum atomic E-state index is 12.7. The summed E-state index contributed by atoms with van der Waals surface area (Å²) in [6.45, 7) is 0. The summed E-state index contributed by atoms with van der Waals surface area (Å²) in [6, 6.07) is 10.4. The van der Waals surface area contributed by atoms with Crippen molar-refractivity contribution in [3.8, 4) is 6.07 Å². The van der Waals surface area contributed by atoms with E-state index >= 15 is 0 Å². The zero-order valence-electron chi connectivity index (χ0n) is 11.4. The van der Waals surface area contributed by atoms with Crippen LogP contribution in [0.15, 0.2) is 42.6 Å². The van der Waals surface area contributed by atoms with Gasteiger partial charge in [0.1, 0.15) is 0 Å². The summed E-state index contributed by atoms with van der Waals surface area (Å²) in [4.78, 5) is 27.6. The molecular formula is C15H11FN4O2. The van der Waals surface area contributed by atoms with E-state index in [-0.39, 0.29) is 17.5 Å². The maximum Gasteiger partial charge on any atom is 0.276 e. The number of hydrogen-bond acceptors (Lipinski definition) is 5. The predicted octanol–water partition coefficient (Wildman–Crippen LogP) is 1.44. The van der Waals surface area contributed by atoms with Crippen LogP contribution in [0.2, 0.25) is 0 Å². The van der Waals surface area contributed by atoms with Crippen molar-refractivity contribution < 1.29 is 14.0 Å². The van der Waals surface area contributed by atoms with Crippen LogP contribution < -0.4 is 5.84 Å². The fourth-order valence-electron chi connectivity index (χ4n) is 1.78. The Bertz CT molecular complexity index is 753. The second kappa shape index (κ2) is 6.56. The Hall–Kier alpha value is -3.11. The number of benzene rings is 1. The van der Waals surface area contributed by atoms with Crippen LogP contribution >= 0.6 is 0 Å². The quantitative estimate of drug-likeness (QED) is 0.304. The molecule has 110 valence electrons. The van der Waals surface area contributed by atoms with Gasteiger partial charge in [-0.1, -0.05) is 12.1 Å². The highest BCUT2D eigenvalue weighted by atomic mass is 19.1. The first-order chi connectivity index (χ1) is 10.5. The Morgan fingerprint density at radius 1 is 1.23 bits per heavy atom. The van der Waals surface area contributed by atoms with Crippen LogP contribution in [0.1, 0.15) is 26.3 Å². The van der Waals surface area contributed by atoms with Crippen LogP contribution in [0.3, 0.4) is 0 Å². The van der Waals surface area contributed by atoms with E-state index in [2.05, 4.69) is 4.98 Å². The number of nitrogens with two attached hydrogens (primary N) is 1. The molecule has 1 aromatic heterocycles. The number of carbonyl (C=O) groups is 2. The summed E-state index contributed by atoms with van der Waals surface area (Å²) < 4.78 is 12.7. The van der Waals surface area contributed by atoms with Gasteiger partial charge in [0, 0.05) is 11.8 Å². The zero-order chi connectivity index (χ0) is 16.1. The highest BCUT2D eigenvalue weighted by molar-refractivity contribution is 6.09. The van der Waals surface area contributed by atoms with Gasteiger partial charge in [-0.25, -0.2) is 15.8 Å². The van der Waals surface area contributed by atoms with E-state index in [1.807, 2.05) is 6.07 Å². The van der Waals surface area contributed by atoms with Crippen molar-refractivity contribution in [1.29, 1.82) is 5.26 Å². The number of hydrazine groups is 1. The van der Waals surface area contributed by atoms with Gasteiger partial charge in [0.15, 0.2) is 0 Å². The minimum atomic E-state index is -0.803. The Labute approximate surface area is 125 Å². The van der Waals surface area contributed by atoms with Gasteiger partial charge < -0.3 is 0 Å². The normalized spacial score (nSPS) is 9.86. The first kappa shape index (κ1) is 15.3. The molecule has 0 spiro atoms. The smallest absolute Gasteiger partial charge is 0.267 e. The highest BCUT2D eigenvalue weighted by Gasteiger charge is 2.21. The van der Waals surface area contributed by atoms with E-state index < -0.39 is 17.8 Å².